The molecule has 2 rings (SSSR count). The predicted molar refractivity (Wildman–Crippen MR) is 77.8 cm³/mol. The van der Waals surface area contributed by atoms with Crippen molar-refractivity contribution in [3.8, 4) is 6.07 Å². The molecule has 1 aromatic rings. The Morgan fingerprint density at radius 2 is 2.00 bits per heavy atom. The van der Waals surface area contributed by atoms with Crippen LogP contribution in [-0.2, 0) is 0 Å². The summed E-state index contributed by atoms with van der Waals surface area (Å²) in [5.41, 5.74) is 1.90. The summed E-state index contributed by atoms with van der Waals surface area (Å²) in [6.45, 7) is 7.79. The van der Waals surface area contributed by atoms with Gasteiger partial charge in [-0.1, -0.05) is 6.92 Å². The van der Waals surface area contributed by atoms with Gasteiger partial charge in [0.25, 0.3) is 0 Å². The molecule has 1 aliphatic rings. The summed E-state index contributed by atoms with van der Waals surface area (Å²) in [5, 5.41) is 8.87. The highest BCUT2D eigenvalue weighted by Gasteiger charge is 2.18. The lowest BCUT2D eigenvalue weighted by Gasteiger charge is -2.36. The zero-order valence-corrected chi connectivity index (χ0v) is 12.3. The summed E-state index contributed by atoms with van der Waals surface area (Å²) in [6.07, 6.45) is 1.22. The van der Waals surface area contributed by atoms with Gasteiger partial charge in [-0.05, 0) is 47.1 Å². The number of piperazine rings is 1. The molecule has 18 heavy (non-hydrogen) atoms. The Kier molecular flexibility index (Phi) is 4.62. The van der Waals surface area contributed by atoms with Crippen molar-refractivity contribution in [2.45, 2.75) is 13.3 Å². The highest BCUT2D eigenvalue weighted by molar-refractivity contribution is 9.10. The number of rotatable bonds is 3. The van der Waals surface area contributed by atoms with Crippen LogP contribution >= 0.6 is 15.9 Å². The van der Waals surface area contributed by atoms with Crippen molar-refractivity contribution < 1.29 is 0 Å². The van der Waals surface area contributed by atoms with Crippen LogP contribution in [0.3, 0.4) is 0 Å². The van der Waals surface area contributed by atoms with Gasteiger partial charge in [-0.2, -0.15) is 5.26 Å². The molecule has 0 bridgehead atoms. The van der Waals surface area contributed by atoms with Crippen LogP contribution in [0.4, 0.5) is 5.69 Å². The summed E-state index contributed by atoms with van der Waals surface area (Å²) in [5.74, 6) is 0. The normalized spacial score (nSPS) is 16.6. The zero-order valence-electron chi connectivity index (χ0n) is 10.7. The molecular formula is C14H18BrN3. The van der Waals surface area contributed by atoms with Gasteiger partial charge in [0.2, 0.25) is 0 Å². The van der Waals surface area contributed by atoms with Gasteiger partial charge in [0.15, 0.2) is 0 Å². The van der Waals surface area contributed by atoms with E-state index in [0.29, 0.717) is 5.56 Å². The molecule has 0 spiro atoms. The molecule has 4 heteroatoms. The molecule has 0 radical (unpaired) electrons. The van der Waals surface area contributed by atoms with Gasteiger partial charge in [0, 0.05) is 30.7 Å². The molecule has 1 aliphatic heterocycles. The Morgan fingerprint density at radius 1 is 1.28 bits per heavy atom. The highest BCUT2D eigenvalue weighted by Crippen LogP contribution is 2.28. The Bertz CT molecular complexity index is 445. The van der Waals surface area contributed by atoms with Crippen LogP contribution < -0.4 is 4.90 Å². The van der Waals surface area contributed by atoms with Gasteiger partial charge in [0.1, 0.15) is 0 Å². The minimum absolute atomic E-state index is 0.704. The molecule has 1 heterocycles. The van der Waals surface area contributed by atoms with E-state index in [1.54, 1.807) is 0 Å². The lowest BCUT2D eigenvalue weighted by molar-refractivity contribution is 0.258. The molecule has 0 amide bonds. The van der Waals surface area contributed by atoms with Crippen LogP contribution in [-0.4, -0.2) is 37.6 Å². The minimum atomic E-state index is 0.704. The number of hydrogen-bond acceptors (Lipinski definition) is 3. The molecule has 0 unspecified atom stereocenters. The minimum Gasteiger partial charge on any atom is -0.368 e. The van der Waals surface area contributed by atoms with Crippen LogP contribution in [0.1, 0.15) is 18.9 Å². The largest absolute Gasteiger partial charge is 0.368 e. The molecule has 0 aromatic heterocycles. The molecule has 1 fully saturated rings. The molecule has 3 nitrogen and oxygen atoms in total. The third kappa shape index (κ3) is 3.04. The predicted octanol–water partition coefficient (Wildman–Crippen LogP) is 2.85. The fourth-order valence-electron chi connectivity index (χ4n) is 2.36. The van der Waals surface area contributed by atoms with Crippen LogP contribution in [0, 0.1) is 11.3 Å². The SMILES string of the molecule is CCCN1CCN(c2ccc(C#N)cc2Br)CC1. The number of nitrogens with zero attached hydrogens (tertiary/aromatic N) is 3. The van der Waals surface area contributed by atoms with Crippen molar-refractivity contribution in [2.24, 2.45) is 0 Å². The molecule has 0 atom stereocenters. The molecule has 0 aliphatic carbocycles. The summed E-state index contributed by atoms with van der Waals surface area (Å²) < 4.78 is 1.02. The van der Waals surface area contributed by atoms with E-state index in [-0.39, 0.29) is 0 Å². The van der Waals surface area contributed by atoms with Crippen molar-refractivity contribution in [3.63, 3.8) is 0 Å². The van der Waals surface area contributed by atoms with Crippen molar-refractivity contribution in [2.75, 3.05) is 37.6 Å². The maximum atomic E-state index is 8.87. The van der Waals surface area contributed by atoms with Gasteiger partial charge in [-0.3, -0.25) is 4.90 Å². The first-order valence-corrected chi connectivity index (χ1v) is 7.21. The number of halogens is 1. The third-order valence-electron chi connectivity index (χ3n) is 3.33. The van der Waals surface area contributed by atoms with Crippen molar-refractivity contribution >= 4 is 21.6 Å². The summed E-state index contributed by atoms with van der Waals surface area (Å²) in [7, 11) is 0. The first-order chi connectivity index (χ1) is 8.74. The maximum absolute atomic E-state index is 8.87. The second-order valence-electron chi connectivity index (χ2n) is 4.61. The highest BCUT2D eigenvalue weighted by atomic mass is 79.9. The first-order valence-electron chi connectivity index (χ1n) is 6.41. The number of benzene rings is 1. The van der Waals surface area contributed by atoms with Gasteiger partial charge >= 0.3 is 0 Å². The van der Waals surface area contributed by atoms with Gasteiger partial charge in [0.05, 0.1) is 17.3 Å². The molecule has 96 valence electrons. The smallest absolute Gasteiger partial charge is 0.0992 e. The van der Waals surface area contributed by atoms with E-state index in [2.05, 4.69) is 38.7 Å². The Balaban J connectivity index is 2.04. The second-order valence-corrected chi connectivity index (χ2v) is 5.46. The molecule has 1 aromatic carbocycles. The lowest BCUT2D eigenvalue weighted by atomic mass is 10.2. The zero-order chi connectivity index (χ0) is 13.0. The van der Waals surface area contributed by atoms with Crippen LogP contribution in [0.5, 0.6) is 0 Å². The molecule has 1 saturated heterocycles. The van der Waals surface area contributed by atoms with E-state index >= 15 is 0 Å². The monoisotopic (exact) mass is 307 g/mol. The van der Waals surface area contributed by atoms with Gasteiger partial charge in [-0.15, -0.1) is 0 Å². The fraction of sp³-hybridized carbons (Fsp3) is 0.500. The number of nitriles is 1. The summed E-state index contributed by atoms with van der Waals surface area (Å²) >= 11 is 3.56. The molecule has 0 N–H and O–H groups in total. The first kappa shape index (κ1) is 13.4. The van der Waals surface area contributed by atoms with E-state index in [1.165, 1.54) is 18.7 Å². The van der Waals surface area contributed by atoms with E-state index in [4.69, 9.17) is 5.26 Å². The fourth-order valence-corrected chi connectivity index (χ4v) is 2.99. The van der Waals surface area contributed by atoms with Gasteiger partial charge < -0.3 is 4.90 Å². The van der Waals surface area contributed by atoms with Crippen LogP contribution in [0.15, 0.2) is 22.7 Å². The van der Waals surface area contributed by atoms with E-state index in [0.717, 1.165) is 30.7 Å². The average Bonchev–Trinajstić information content (AvgIpc) is 2.40. The second kappa shape index (κ2) is 6.21. The molecule has 0 saturated carbocycles. The summed E-state index contributed by atoms with van der Waals surface area (Å²) in [6, 6.07) is 7.99. The number of anilines is 1. The van der Waals surface area contributed by atoms with Crippen molar-refractivity contribution in [1.82, 2.24) is 4.90 Å². The molecular weight excluding hydrogens is 290 g/mol. The maximum Gasteiger partial charge on any atom is 0.0992 e. The van der Waals surface area contributed by atoms with Crippen molar-refractivity contribution in [1.29, 1.82) is 5.26 Å². The summed E-state index contributed by atoms with van der Waals surface area (Å²) in [4.78, 5) is 4.89. The Morgan fingerprint density at radius 3 is 2.56 bits per heavy atom. The van der Waals surface area contributed by atoms with Crippen molar-refractivity contribution in [3.05, 3.63) is 28.2 Å². The van der Waals surface area contributed by atoms with E-state index in [9.17, 15) is 0 Å². The Hall–Kier alpha value is -1.05. The Labute approximate surface area is 117 Å². The van der Waals surface area contributed by atoms with Gasteiger partial charge in [-0.25, -0.2) is 0 Å². The quantitative estimate of drug-likeness (QED) is 0.860. The standard InChI is InChI=1S/C14H18BrN3/c1-2-5-17-6-8-18(9-7-17)14-4-3-12(11-16)10-13(14)15/h3-4,10H,2,5-9H2,1H3. The van der Waals surface area contributed by atoms with Crippen LogP contribution in [0.2, 0.25) is 0 Å². The lowest BCUT2D eigenvalue weighted by Crippen LogP contribution is -2.46. The topological polar surface area (TPSA) is 30.3 Å². The van der Waals surface area contributed by atoms with Crippen LogP contribution in [0.25, 0.3) is 0 Å². The average molecular weight is 308 g/mol. The van der Waals surface area contributed by atoms with E-state index < -0.39 is 0 Å². The third-order valence-corrected chi connectivity index (χ3v) is 3.96. The van der Waals surface area contributed by atoms with E-state index in [1.807, 2.05) is 18.2 Å². The number of hydrogen-bond donors (Lipinski definition) is 0.